The van der Waals surface area contributed by atoms with Crippen LogP contribution in [-0.4, -0.2) is 12.0 Å². The first-order valence-corrected chi connectivity index (χ1v) is 7.26. The highest BCUT2D eigenvalue weighted by Gasteiger charge is 2.15. The zero-order chi connectivity index (χ0) is 15.2. The fourth-order valence-electron chi connectivity index (χ4n) is 1.75. The lowest BCUT2D eigenvalue weighted by molar-refractivity contribution is -0.127. The molecule has 0 radical (unpaired) electrons. The van der Waals surface area contributed by atoms with E-state index in [1.807, 2.05) is 18.2 Å². The monoisotopic (exact) mass is 323 g/mol. The van der Waals surface area contributed by atoms with Gasteiger partial charge in [-0.1, -0.05) is 53.5 Å². The number of hydrogen-bond acceptors (Lipinski definition) is 2. The van der Waals surface area contributed by atoms with Gasteiger partial charge in [0.15, 0.2) is 6.10 Å². The van der Waals surface area contributed by atoms with Crippen LogP contribution in [0.2, 0.25) is 10.0 Å². The molecule has 0 aliphatic carbocycles. The summed E-state index contributed by atoms with van der Waals surface area (Å²) in [4.78, 5) is 12.0. The van der Waals surface area contributed by atoms with Crippen LogP contribution >= 0.6 is 23.2 Å². The molecule has 0 aromatic heterocycles. The zero-order valence-corrected chi connectivity index (χ0v) is 13.0. The van der Waals surface area contributed by atoms with Gasteiger partial charge in [-0.15, -0.1) is 0 Å². The number of halogens is 2. The minimum atomic E-state index is -0.646. The van der Waals surface area contributed by atoms with Gasteiger partial charge in [-0.3, -0.25) is 4.79 Å². The van der Waals surface area contributed by atoms with E-state index in [1.54, 1.807) is 37.3 Å². The number of para-hydroxylation sites is 1. The van der Waals surface area contributed by atoms with Crippen molar-refractivity contribution in [1.82, 2.24) is 5.32 Å². The Morgan fingerprint density at radius 1 is 1.10 bits per heavy atom. The molecule has 2 rings (SSSR count). The average molecular weight is 324 g/mol. The Morgan fingerprint density at radius 3 is 2.38 bits per heavy atom. The van der Waals surface area contributed by atoms with Crippen molar-refractivity contribution in [1.29, 1.82) is 0 Å². The van der Waals surface area contributed by atoms with Crippen molar-refractivity contribution in [2.75, 3.05) is 0 Å². The lowest BCUT2D eigenvalue weighted by Crippen LogP contribution is -2.36. The molecular formula is C16H15Cl2NO2. The highest BCUT2D eigenvalue weighted by Crippen LogP contribution is 2.24. The fraction of sp³-hybridized carbons (Fsp3) is 0.188. The zero-order valence-electron chi connectivity index (χ0n) is 11.5. The first-order chi connectivity index (χ1) is 10.1. The highest BCUT2D eigenvalue weighted by atomic mass is 35.5. The summed E-state index contributed by atoms with van der Waals surface area (Å²) in [6, 6.07) is 14.4. The summed E-state index contributed by atoms with van der Waals surface area (Å²) in [5.74, 6) is 0.259. The maximum absolute atomic E-state index is 12.0. The van der Waals surface area contributed by atoms with Crippen LogP contribution in [0, 0.1) is 0 Å². The number of hydrogen-bond donors (Lipinski definition) is 1. The van der Waals surface area contributed by atoms with E-state index in [1.165, 1.54) is 0 Å². The third-order valence-corrected chi connectivity index (χ3v) is 3.60. The predicted molar refractivity (Wildman–Crippen MR) is 84.8 cm³/mol. The minimum absolute atomic E-state index is 0.227. The largest absolute Gasteiger partial charge is 0.479 e. The van der Waals surface area contributed by atoms with Crippen molar-refractivity contribution in [3.05, 3.63) is 64.1 Å². The van der Waals surface area contributed by atoms with Crippen LogP contribution in [0.3, 0.4) is 0 Å². The molecule has 0 spiro atoms. The topological polar surface area (TPSA) is 38.3 Å². The van der Waals surface area contributed by atoms with Crippen molar-refractivity contribution in [2.45, 2.75) is 19.6 Å². The second kappa shape index (κ2) is 7.34. The number of carbonyl (C=O) groups excluding carboxylic acids is 1. The van der Waals surface area contributed by atoms with Gasteiger partial charge in [-0.25, -0.2) is 0 Å². The molecule has 0 saturated carbocycles. The molecule has 5 heteroatoms. The number of carbonyl (C=O) groups is 1. The van der Waals surface area contributed by atoms with E-state index in [-0.39, 0.29) is 5.91 Å². The molecule has 0 fully saturated rings. The summed E-state index contributed by atoms with van der Waals surface area (Å²) in [6.45, 7) is 2.03. The van der Waals surface area contributed by atoms with Gasteiger partial charge < -0.3 is 10.1 Å². The van der Waals surface area contributed by atoms with Gasteiger partial charge in [0.1, 0.15) is 5.75 Å². The van der Waals surface area contributed by atoms with E-state index >= 15 is 0 Å². The van der Waals surface area contributed by atoms with Crippen LogP contribution in [-0.2, 0) is 11.3 Å². The maximum Gasteiger partial charge on any atom is 0.261 e. The molecule has 0 saturated heterocycles. The number of ether oxygens (including phenoxy) is 1. The van der Waals surface area contributed by atoms with E-state index < -0.39 is 6.10 Å². The molecule has 21 heavy (non-hydrogen) atoms. The Hall–Kier alpha value is -1.71. The molecule has 0 unspecified atom stereocenters. The molecule has 3 nitrogen and oxygen atoms in total. The van der Waals surface area contributed by atoms with Gasteiger partial charge in [-0.05, 0) is 30.7 Å². The van der Waals surface area contributed by atoms with E-state index in [9.17, 15) is 4.79 Å². The van der Waals surface area contributed by atoms with Crippen molar-refractivity contribution in [3.63, 3.8) is 0 Å². The van der Waals surface area contributed by atoms with Crippen LogP contribution in [0.15, 0.2) is 48.5 Å². The van der Waals surface area contributed by atoms with Crippen LogP contribution in [0.1, 0.15) is 12.5 Å². The summed E-state index contributed by atoms with van der Waals surface area (Å²) in [5.41, 5.74) is 0.859. The molecule has 0 heterocycles. The second-order valence-corrected chi connectivity index (χ2v) is 5.31. The molecular weight excluding hydrogens is 309 g/mol. The average Bonchev–Trinajstić information content (AvgIpc) is 2.48. The second-order valence-electron chi connectivity index (χ2n) is 4.50. The molecule has 0 aliphatic heterocycles. The quantitative estimate of drug-likeness (QED) is 0.900. The Morgan fingerprint density at radius 2 is 1.71 bits per heavy atom. The normalized spacial score (nSPS) is 11.8. The van der Waals surface area contributed by atoms with Gasteiger partial charge >= 0.3 is 0 Å². The molecule has 1 atom stereocenters. The number of rotatable bonds is 5. The van der Waals surface area contributed by atoms with Crippen LogP contribution < -0.4 is 10.1 Å². The Kier molecular flexibility index (Phi) is 5.48. The molecule has 2 aromatic rings. The maximum atomic E-state index is 12.0. The number of nitrogens with one attached hydrogen (secondary N) is 1. The summed E-state index contributed by atoms with van der Waals surface area (Å²) < 4.78 is 5.55. The summed E-state index contributed by atoms with van der Waals surface area (Å²) in [6.07, 6.45) is -0.646. The first kappa shape index (κ1) is 15.7. The lowest BCUT2D eigenvalue weighted by Gasteiger charge is -2.15. The standard InChI is InChI=1S/C16H15Cl2NO2/c1-11(21-15-9-5-4-8-14(15)18)16(20)19-10-12-6-2-3-7-13(12)17/h2-9,11H,10H2,1H3,(H,19,20)/t11-/m0/s1. The third kappa shape index (κ3) is 4.38. The lowest BCUT2D eigenvalue weighted by atomic mass is 10.2. The van der Waals surface area contributed by atoms with E-state index in [0.717, 1.165) is 5.56 Å². The fourth-order valence-corrected chi connectivity index (χ4v) is 2.13. The molecule has 0 bridgehead atoms. The predicted octanol–water partition coefficient (Wildman–Crippen LogP) is 4.08. The van der Waals surface area contributed by atoms with Crippen LogP contribution in [0.25, 0.3) is 0 Å². The smallest absolute Gasteiger partial charge is 0.261 e. The SMILES string of the molecule is C[C@H](Oc1ccccc1Cl)C(=O)NCc1ccccc1Cl. The van der Waals surface area contributed by atoms with E-state index in [0.29, 0.717) is 22.3 Å². The van der Waals surface area contributed by atoms with Gasteiger partial charge in [-0.2, -0.15) is 0 Å². The molecule has 110 valence electrons. The Bertz CT molecular complexity index is 631. The summed E-state index contributed by atoms with van der Waals surface area (Å²) >= 11 is 12.0. The van der Waals surface area contributed by atoms with Crippen molar-refractivity contribution >= 4 is 29.1 Å². The van der Waals surface area contributed by atoms with Crippen LogP contribution in [0.5, 0.6) is 5.75 Å². The highest BCUT2D eigenvalue weighted by molar-refractivity contribution is 6.32. The Balaban J connectivity index is 1.91. The Labute approximate surface area is 133 Å². The molecule has 1 N–H and O–H groups in total. The van der Waals surface area contributed by atoms with E-state index in [2.05, 4.69) is 5.32 Å². The third-order valence-electron chi connectivity index (χ3n) is 2.92. The van der Waals surface area contributed by atoms with Crippen molar-refractivity contribution < 1.29 is 9.53 Å². The summed E-state index contributed by atoms with van der Waals surface area (Å²) in [7, 11) is 0. The van der Waals surface area contributed by atoms with Gasteiger partial charge in [0, 0.05) is 11.6 Å². The van der Waals surface area contributed by atoms with Gasteiger partial charge in [0.2, 0.25) is 0 Å². The van der Waals surface area contributed by atoms with E-state index in [4.69, 9.17) is 27.9 Å². The van der Waals surface area contributed by atoms with Crippen molar-refractivity contribution in [3.8, 4) is 5.75 Å². The summed E-state index contributed by atoms with van der Waals surface area (Å²) in [5, 5.41) is 3.89. The van der Waals surface area contributed by atoms with Crippen molar-refractivity contribution in [2.24, 2.45) is 0 Å². The van der Waals surface area contributed by atoms with Gasteiger partial charge in [0.25, 0.3) is 5.91 Å². The first-order valence-electron chi connectivity index (χ1n) is 6.50. The number of amides is 1. The van der Waals surface area contributed by atoms with Gasteiger partial charge in [0.05, 0.1) is 5.02 Å². The molecule has 1 amide bonds. The number of benzene rings is 2. The molecule has 0 aliphatic rings. The minimum Gasteiger partial charge on any atom is -0.479 e. The molecule has 2 aromatic carbocycles. The van der Waals surface area contributed by atoms with Crippen LogP contribution in [0.4, 0.5) is 0 Å².